The molecule has 0 aliphatic carbocycles. The summed E-state index contributed by atoms with van der Waals surface area (Å²) in [6.07, 6.45) is 2.18. The van der Waals surface area contributed by atoms with E-state index in [2.05, 4.69) is 6.19 Å². The molecule has 2 aromatic rings. The predicted octanol–water partition coefficient (Wildman–Crippen LogP) is 3.99. The number of nitriles is 1. The Hall–Kier alpha value is -1.92. The van der Waals surface area contributed by atoms with Gasteiger partial charge in [-0.15, -0.1) is 0 Å². The lowest BCUT2D eigenvalue weighted by molar-refractivity contribution is 1.35. The number of para-hydroxylation sites is 1. The standard InChI is InChI=1S/C14H12N2S/c1-12-7-9-14(10-8-12)17-16(11-15)13-5-3-2-4-6-13/h2-10H,1H3. The first-order valence-corrected chi connectivity index (χ1v) is 6.06. The van der Waals surface area contributed by atoms with Gasteiger partial charge in [0, 0.05) is 16.8 Å². The molecule has 0 saturated heterocycles. The Morgan fingerprint density at radius 1 is 1.00 bits per heavy atom. The van der Waals surface area contributed by atoms with Crippen LogP contribution in [0.5, 0.6) is 0 Å². The van der Waals surface area contributed by atoms with Gasteiger partial charge in [-0.25, -0.2) is 4.31 Å². The summed E-state index contributed by atoms with van der Waals surface area (Å²) in [6.45, 7) is 2.05. The Morgan fingerprint density at radius 2 is 1.65 bits per heavy atom. The molecule has 0 saturated carbocycles. The number of rotatable bonds is 3. The molecule has 0 aliphatic rings. The van der Waals surface area contributed by atoms with Gasteiger partial charge in [0.1, 0.15) is 0 Å². The van der Waals surface area contributed by atoms with E-state index in [0.717, 1.165) is 10.6 Å². The van der Waals surface area contributed by atoms with Crippen molar-refractivity contribution in [3.8, 4) is 6.19 Å². The van der Waals surface area contributed by atoms with E-state index >= 15 is 0 Å². The lowest BCUT2D eigenvalue weighted by atomic mass is 10.2. The molecule has 84 valence electrons. The van der Waals surface area contributed by atoms with Crippen LogP contribution in [0.4, 0.5) is 5.69 Å². The number of hydrogen-bond donors (Lipinski definition) is 0. The van der Waals surface area contributed by atoms with E-state index in [1.807, 2.05) is 61.5 Å². The van der Waals surface area contributed by atoms with Crippen LogP contribution in [0.15, 0.2) is 59.5 Å². The molecule has 0 fully saturated rings. The van der Waals surface area contributed by atoms with Crippen molar-refractivity contribution in [3.05, 3.63) is 60.2 Å². The third kappa shape index (κ3) is 3.02. The molecule has 0 heterocycles. The van der Waals surface area contributed by atoms with Crippen LogP contribution in [0.1, 0.15) is 5.56 Å². The van der Waals surface area contributed by atoms with Gasteiger partial charge in [0.15, 0.2) is 6.19 Å². The predicted molar refractivity (Wildman–Crippen MR) is 71.6 cm³/mol. The normalized spacial score (nSPS) is 9.65. The molecule has 2 aromatic carbocycles. The number of nitrogens with zero attached hydrogens (tertiary/aromatic N) is 2. The molecule has 3 heteroatoms. The van der Waals surface area contributed by atoms with Crippen LogP contribution >= 0.6 is 11.9 Å². The summed E-state index contributed by atoms with van der Waals surface area (Å²) < 4.78 is 1.60. The molecule has 2 rings (SSSR count). The Morgan fingerprint density at radius 3 is 2.24 bits per heavy atom. The van der Waals surface area contributed by atoms with Crippen molar-refractivity contribution in [1.29, 1.82) is 5.26 Å². The fourth-order valence-corrected chi connectivity index (χ4v) is 2.14. The van der Waals surface area contributed by atoms with E-state index in [1.165, 1.54) is 17.5 Å². The topological polar surface area (TPSA) is 27.0 Å². The zero-order valence-corrected chi connectivity index (χ0v) is 10.3. The van der Waals surface area contributed by atoms with Crippen molar-refractivity contribution >= 4 is 17.6 Å². The highest BCUT2D eigenvalue weighted by atomic mass is 32.2. The minimum absolute atomic E-state index is 0.889. The van der Waals surface area contributed by atoms with Crippen molar-refractivity contribution < 1.29 is 0 Å². The second kappa shape index (κ2) is 5.42. The van der Waals surface area contributed by atoms with Crippen molar-refractivity contribution in [2.45, 2.75) is 11.8 Å². The summed E-state index contributed by atoms with van der Waals surface area (Å²) in [5.41, 5.74) is 2.11. The smallest absolute Gasteiger partial charge is 0.195 e. The van der Waals surface area contributed by atoms with Gasteiger partial charge in [-0.2, -0.15) is 5.26 Å². The SMILES string of the molecule is Cc1ccc(SN(C#N)c2ccccc2)cc1. The van der Waals surface area contributed by atoms with Crippen molar-refractivity contribution in [1.82, 2.24) is 0 Å². The van der Waals surface area contributed by atoms with Gasteiger partial charge in [-0.3, -0.25) is 0 Å². The average Bonchev–Trinajstić information content (AvgIpc) is 2.39. The molecule has 0 aliphatic heterocycles. The fraction of sp³-hybridized carbons (Fsp3) is 0.0714. The molecule has 0 radical (unpaired) electrons. The number of benzene rings is 2. The largest absolute Gasteiger partial charge is 0.216 e. The van der Waals surface area contributed by atoms with Crippen molar-refractivity contribution in [2.75, 3.05) is 4.31 Å². The number of aryl methyl sites for hydroxylation is 1. The summed E-state index contributed by atoms with van der Waals surface area (Å²) in [5, 5.41) is 9.15. The van der Waals surface area contributed by atoms with Gasteiger partial charge >= 0.3 is 0 Å². The highest BCUT2D eigenvalue weighted by molar-refractivity contribution is 8.00. The molecule has 17 heavy (non-hydrogen) atoms. The first-order valence-electron chi connectivity index (χ1n) is 5.29. The zero-order valence-electron chi connectivity index (χ0n) is 9.50. The highest BCUT2D eigenvalue weighted by Gasteiger charge is 2.06. The Labute approximate surface area is 106 Å². The van der Waals surface area contributed by atoms with E-state index in [0.29, 0.717) is 0 Å². The highest BCUT2D eigenvalue weighted by Crippen LogP contribution is 2.27. The summed E-state index contributed by atoms with van der Waals surface area (Å²) in [5.74, 6) is 0. The quantitative estimate of drug-likeness (QED) is 0.461. The fourth-order valence-electron chi connectivity index (χ4n) is 1.40. The van der Waals surface area contributed by atoms with Crippen molar-refractivity contribution in [3.63, 3.8) is 0 Å². The van der Waals surface area contributed by atoms with Gasteiger partial charge in [0.05, 0.1) is 5.69 Å². The summed E-state index contributed by atoms with van der Waals surface area (Å²) in [7, 11) is 0. The van der Waals surface area contributed by atoms with Gasteiger partial charge in [0.2, 0.25) is 0 Å². The Balaban J connectivity index is 2.17. The van der Waals surface area contributed by atoms with E-state index in [9.17, 15) is 0 Å². The third-order valence-electron chi connectivity index (χ3n) is 2.30. The van der Waals surface area contributed by atoms with E-state index in [1.54, 1.807) is 4.31 Å². The summed E-state index contributed by atoms with van der Waals surface area (Å²) >= 11 is 1.42. The molecule has 2 nitrogen and oxygen atoms in total. The summed E-state index contributed by atoms with van der Waals surface area (Å²) in [6, 6.07) is 17.8. The number of anilines is 1. The molecule has 0 aromatic heterocycles. The first-order chi connectivity index (χ1) is 8.29. The Bertz CT molecular complexity index is 514. The van der Waals surface area contributed by atoms with Gasteiger partial charge in [-0.05, 0) is 31.2 Å². The third-order valence-corrected chi connectivity index (χ3v) is 3.26. The van der Waals surface area contributed by atoms with Crippen LogP contribution in [-0.4, -0.2) is 0 Å². The van der Waals surface area contributed by atoms with Crippen LogP contribution in [-0.2, 0) is 0 Å². The van der Waals surface area contributed by atoms with Crippen LogP contribution < -0.4 is 4.31 Å². The molecular weight excluding hydrogens is 228 g/mol. The summed E-state index contributed by atoms with van der Waals surface area (Å²) in [4.78, 5) is 1.06. The maximum atomic E-state index is 9.15. The van der Waals surface area contributed by atoms with Crippen molar-refractivity contribution in [2.24, 2.45) is 0 Å². The maximum Gasteiger partial charge on any atom is 0.195 e. The van der Waals surface area contributed by atoms with E-state index < -0.39 is 0 Å². The second-order valence-electron chi connectivity index (χ2n) is 3.63. The molecule has 0 unspecified atom stereocenters. The molecule has 0 bridgehead atoms. The van der Waals surface area contributed by atoms with E-state index in [-0.39, 0.29) is 0 Å². The van der Waals surface area contributed by atoms with Crippen LogP contribution in [0.25, 0.3) is 0 Å². The molecule has 0 atom stereocenters. The average molecular weight is 240 g/mol. The monoisotopic (exact) mass is 240 g/mol. The van der Waals surface area contributed by atoms with Crippen LogP contribution in [0.3, 0.4) is 0 Å². The Kier molecular flexibility index (Phi) is 3.69. The van der Waals surface area contributed by atoms with Crippen LogP contribution in [0, 0.1) is 18.4 Å². The molecule has 0 spiro atoms. The molecule has 0 N–H and O–H groups in total. The number of hydrogen-bond acceptors (Lipinski definition) is 3. The zero-order chi connectivity index (χ0) is 12.1. The van der Waals surface area contributed by atoms with Gasteiger partial charge < -0.3 is 0 Å². The minimum atomic E-state index is 0.889. The van der Waals surface area contributed by atoms with E-state index in [4.69, 9.17) is 5.26 Å². The lowest BCUT2D eigenvalue weighted by Gasteiger charge is -2.13. The molecular formula is C14H12N2S. The van der Waals surface area contributed by atoms with Crippen LogP contribution in [0.2, 0.25) is 0 Å². The second-order valence-corrected chi connectivity index (χ2v) is 4.65. The first kappa shape index (κ1) is 11.6. The molecule has 0 amide bonds. The lowest BCUT2D eigenvalue weighted by Crippen LogP contribution is -2.04. The minimum Gasteiger partial charge on any atom is -0.216 e. The van der Waals surface area contributed by atoms with Gasteiger partial charge in [-0.1, -0.05) is 35.9 Å². The van der Waals surface area contributed by atoms with Gasteiger partial charge in [0.25, 0.3) is 0 Å². The maximum absolute atomic E-state index is 9.15.